The Hall–Kier alpha value is -2.22. The summed E-state index contributed by atoms with van der Waals surface area (Å²) < 4.78 is 11.8. The molecule has 1 N–H and O–H groups in total. The van der Waals surface area contributed by atoms with E-state index in [-0.39, 0.29) is 6.54 Å². The van der Waals surface area contributed by atoms with Crippen molar-refractivity contribution in [2.75, 3.05) is 13.4 Å². The van der Waals surface area contributed by atoms with Crippen molar-refractivity contribution in [1.82, 2.24) is 19.5 Å². The SMILES string of the molecule is CCCCCCCCCCOc1ncnc2c1ncn2CC(=O)OCO. The van der Waals surface area contributed by atoms with Gasteiger partial charge in [0.05, 0.1) is 12.9 Å². The highest BCUT2D eigenvalue weighted by molar-refractivity contribution is 5.78. The number of aromatic nitrogens is 4. The molecule has 0 spiro atoms. The number of carbonyl (C=O) groups excluding carboxylic acids is 1. The number of hydrogen-bond acceptors (Lipinski definition) is 7. The summed E-state index contributed by atoms with van der Waals surface area (Å²) in [6.07, 6.45) is 12.8. The van der Waals surface area contributed by atoms with Gasteiger partial charge in [-0.25, -0.2) is 9.97 Å². The van der Waals surface area contributed by atoms with E-state index in [0.717, 1.165) is 12.8 Å². The Morgan fingerprint density at radius 3 is 2.54 bits per heavy atom. The van der Waals surface area contributed by atoms with Gasteiger partial charge in [0.15, 0.2) is 18.0 Å². The zero-order valence-electron chi connectivity index (χ0n) is 15.4. The maximum atomic E-state index is 11.5. The third kappa shape index (κ3) is 6.25. The fraction of sp³-hybridized carbons (Fsp3) is 0.667. The average Bonchev–Trinajstić information content (AvgIpc) is 3.04. The minimum atomic E-state index is -0.645. The minimum Gasteiger partial charge on any atom is -0.476 e. The van der Waals surface area contributed by atoms with E-state index in [1.54, 1.807) is 0 Å². The van der Waals surface area contributed by atoms with Gasteiger partial charge in [-0.1, -0.05) is 51.9 Å². The lowest BCUT2D eigenvalue weighted by molar-refractivity contribution is -0.152. The van der Waals surface area contributed by atoms with Gasteiger partial charge in [-0.15, -0.1) is 0 Å². The van der Waals surface area contributed by atoms with Gasteiger partial charge in [0.2, 0.25) is 5.88 Å². The van der Waals surface area contributed by atoms with Crippen LogP contribution in [0.1, 0.15) is 58.3 Å². The number of hydrogen-bond donors (Lipinski definition) is 1. The van der Waals surface area contributed by atoms with Crippen LogP contribution in [0.4, 0.5) is 0 Å². The van der Waals surface area contributed by atoms with E-state index >= 15 is 0 Å². The highest BCUT2D eigenvalue weighted by atomic mass is 16.6. The predicted molar refractivity (Wildman–Crippen MR) is 96.6 cm³/mol. The first-order valence-electron chi connectivity index (χ1n) is 9.31. The molecule has 0 amide bonds. The quantitative estimate of drug-likeness (QED) is 0.331. The molecule has 0 fully saturated rings. The molecule has 2 rings (SSSR count). The Morgan fingerprint density at radius 2 is 1.81 bits per heavy atom. The Labute approximate surface area is 153 Å². The summed E-state index contributed by atoms with van der Waals surface area (Å²) >= 11 is 0. The van der Waals surface area contributed by atoms with Gasteiger partial charge in [-0.2, -0.15) is 4.98 Å². The highest BCUT2D eigenvalue weighted by Crippen LogP contribution is 2.20. The van der Waals surface area contributed by atoms with Crippen molar-refractivity contribution < 1.29 is 19.4 Å². The van der Waals surface area contributed by atoms with Gasteiger partial charge < -0.3 is 19.1 Å². The second kappa shape index (κ2) is 11.4. The monoisotopic (exact) mass is 364 g/mol. The lowest BCUT2D eigenvalue weighted by atomic mass is 10.1. The lowest BCUT2D eigenvalue weighted by Crippen LogP contribution is -2.13. The summed E-state index contributed by atoms with van der Waals surface area (Å²) in [6.45, 7) is 2.09. The Balaban J connectivity index is 1.77. The fourth-order valence-corrected chi connectivity index (χ4v) is 2.74. The van der Waals surface area contributed by atoms with Crippen molar-refractivity contribution in [3.05, 3.63) is 12.7 Å². The zero-order chi connectivity index (χ0) is 18.6. The van der Waals surface area contributed by atoms with E-state index in [1.807, 2.05) is 0 Å². The first-order chi connectivity index (χ1) is 12.8. The van der Waals surface area contributed by atoms with Crippen molar-refractivity contribution in [1.29, 1.82) is 0 Å². The predicted octanol–water partition coefficient (Wildman–Crippen LogP) is 2.84. The molecule has 0 saturated carbocycles. The zero-order valence-corrected chi connectivity index (χ0v) is 15.4. The number of rotatable bonds is 13. The molecule has 0 aromatic carbocycles. The molecule has 0 unspecified atom stereocenters. The smallest absolute Gasteiger partial charge is 0.328 e. The van der Waals surface area contributed by atoms with Crippen molar-refractivity contribution in [2.24, 2.45) is 0 Å². The molecule has 0 aliphatic rings. The lowest BCUT2D eigenvalue weighted by Gasteiger charge is -2.06. The molecule has 144 valence electrons. The molecule has 26 heavy (non-hydrogen) atoms. The first kappa shape index (κ1) is 20.1. The molecule has 0 radical (unpaired) electrons. The van der Waals surface area contributed by atoms with Gasteiger partial charge in [-0.05, 0) is 6.42 Å². The summed E-state index contributed by atoms with van der Waals surface area (Å²) in [7, 11) is 0. The van der Waals surface area contributed by atoms with E-state index < -0.39 is 12.8 Å². The summed E-state index contributed by atoms with van der Waals surface area (Å²) in [5, 5.41) is 8.62. The molecular formula is C18H28N4O4. The molecule has 2 aromatic heterocycles. The maximum Gasteiger partial charge on any atom is 0.328 e. The molecule has 2 heterocycles. The normalized spacial score (nSPS) is 11.0. The number of esters is 1. The van der Waals surface area contributed by atoms with Crippen LogP contribution < -0.4 is 4.74 Å². The molecular weight excluding hydrogens is 336 g/mol. The van der Waals surface area contributed by atoms with E-state index in [4.69, 9.17) is 9.84 Å². The van der Waals surface area contributed by atoms with Crippen molar-refractivity contribution in [3.8, 4) is 5.88 Å². The van der Waals surface area contributed by atoms with Gasteiger partial charge in [0, 0.05) is 0 Å². The van der Waals surface area contributed by atoms with Gasteiger partial charge in [0.25, 0.3) is 0 Å². The summed E-state index contributed by atoms with van der Waals surface area (Å²) in [5.41, 5.74) is 1.02. The van der Waals surface area contributed by atoms with Crippen LogP contribution in [0.5, 0.6) is 5.88 Å². The standard InChI is InChI=1S/C18H28N4O4/c1-2-3-4-5-6-7-8-9-10-25-18-16-17(19-12-20-18)22(13-21-16)11-15(24)26-14-23/h12-13,23H,2-11,14H2,1H3. The number of ether oxygens (including phenoxy) is 2. The largest absolute Gasteiger partial charge is 0.476 e. The van der Waals surface area contributed by atoms with Crippen molar-refractivity contribution in [3.63, 3.8) is 0 Å². The second-order valence-corrected chi connectivity index (χ2v) is 6.19. The van der Waals surface area contributed by atoms with Crippen LogP contribution in [0.25, 0.3) is 11.2 Å². The molecule has 2 aromatic rings. The Morgan fingerprint density at radius 1 is 1.08 bits per heavy atom. The number of imidazole rings is 1. The number of carbonyl (C=O) groups is 1. The van der Waals surface area contributed by atoms with Crippen LogP contribution in [-0.2, 0) is 16.1 Å². The Bertz CT molecular complexity index is 674. The third-order valence-electron chi connectivity index (χ3n) is 4.13. The molecule has 0 saturated heterocycles. The highest BCUT2D eigenvalue weighted by Gasteiger charge is 2.13. The minimum absolute atomic E-state index is 0.0778. The summed E-state index contributed by atoms with van der Waals surface area (Å²) in [5.74, 6) is -0.140. The van der Waals surface area contributed by atoms with Crippen LogP contribution in [0.3, 0.4) is 0 Å². The van der Waals surface area contributed by atoms with E-state index in [1.165, 1.54) is 55.7 Å². The molecule has 0 aliphatic heterocycles. The maximum absolute atomic E-state index is 11.5. The van der Waals surface area contributed by atoms with Crippen LogP contribution in [-0.4, -0.2) is 44.0 Å². The van der Waals surface area contributed by atoms with Crippen LogP contribution in [0.2, 0.25) is 0 Å². The number of nitrogens with zero attached hydrogens (tertiary/aromatic N) is 4. The molecule has 0 atom stereocenters. The van der Waals surface area contributed by atoms with Crippen LogP contribution in [0.15, 0.2) is 12.7 Å². The number of fused-ring (bicyclic) bond motifs is 1. The van der Waals surface area contributed by atoms with E-state index in [2.05, 4.69) is 26.6 Å². The molecule has 8 heteroatoms. The number of aliphatic hydroxyl groups is 1. The van der Waals surface area contributed by atoms with Gasteiger partial charge in [0.1, 0.15) is 12.9 Å². The van der Waals surface area contributed by atoms with Crippen LogP contribution in [0, 0.1) is 0 Å². The summed E-state index contributed by atoms with van der Waals surface area (Å²) in [4.78, 5) is 24.0. The van der Waals surface area contributed by atoms with E-state index in [0.29, 0.717) is 23.7 Å². The molecule has 0 aliphatic carbocycles. The number of unbranched alkanes of at least 4 members (excludes halogenated alkanes) is 7. The average molecular weight is 364 g/mol. The topological polar surface area (TPSA) is 99.4 Å². The van der Waals surface area contributed by atoms with Gasteiger partial charge in [-0.3, -0.25) is 4.79 Å². The molecule has 8 nitrogen and oxygen atoms in total. The van der Waals surface area contributed by atoms with Crippen molar-refractivity contribution >= 4 is 17.1 Å². The van der Waals surface area contributed by atoms with E-state index in [9.17, 15) is 4.79 Å². The Kier molecular flexibility index (Phi) is 8.82. The first-order valence-corrected chi connectivity index (χ1v) is 9.31. The number of aliphatic hydroxyl groups excluding tert-OH is 1. The van der Waals surface area contributed by atoms with Crippen LogP contribution >= 0.6 is 0 Å². The van der Waals surface area contributed by atoms with Gasteiger partial charge >= 0.3 is 5.97 Å². The second-order valence-electron chi connectivity index (χ2n) is 6.19. The summed E-state index contributed by atoms with van der Waals surface area (Å²) in [6, 6.07) is 0. The van der Waals surface area contributed by atoms with Crippen molar-refractivity contribution in [2.45, 2.75) is 64.8 Å². The molecule has 0 bridgehead atoms. The third-order valence-corrected chi connectivity index (χ3v) is 4.13. The fourth-order valence-electron chi connectivity index (χ4n) is 2.74.